The van der Waals surface area contributed by atoms with Crippen molar-refractivity contribution < 1.29 is 4.79 Å². The van der Waals surface area contributed by atoms with Crippen molar-refractivity contribution >= 4 is 39.1 Å². The molecule has 0 fully saturated rings. The lowest BCUT2D eigenvalue weighted by Gasteiger charge is -2.04. The van der Waals surface area contributed by atoms with Crippen LogP contribution in [-0.4, -0.2) is 10.5 Å². The molecule has 23 heavy (non-hydrogen) atoms. The van der Waals surface area contributed by atoms with Gasteiger partial charge in [0.2, 0.25) is 0 Å². The lowest BCUT2D eigenvalue weighted by atomic mass is 10.1. The molecule has 1 amide bonds. The second-order valence-electron chi connectivity index (χ2n) is 5.43. The Labute approximate surface area is 143 Å². The fourth-order valence-corrected chi connectivity index (χ4v) is 3.96. The van der Waals surface area contributed by atoms with Crippen LogP contribution in [0, 0.1) is 13.8 Å². The number of carbonyl (C=O) groups is 1. The molecule has 3 nitrogen and oxygen atoms in total. The SMILES string of the molecule is CCn1c(=NC(=O)c2ccc(Cl)cc2)sc2c(C)ccc(C)c21. The number of hydrogen-bond acceptors (Lipinski definition) is 2. The summed E-state index contributed by atoms with van der Waals surface area (Å²) in [6.07, 6.45) is 0. The molecule has 1 heterocycles. The molecule has 0 spiro atoms. The number of carbonyl (C=O) groups excluding carboxylic acids is 1. The fourth-order valence-electron chi connectivity index (χ4n) is 2.60. The Kier molecular flexibility index (Phi) is 4.37. The van der Waals surface area contributed by atoms with E-state index >= 15 is 0 Å². The van der Waals surface area contributed by atoms with Gasteiger partial charge in [0, 0.05) is 17.1 Å². The first-order valence-electron chi connectivity index (χ1n) is 7.45. The predicted octanol–water partition coefficient (Wildman–Crippen LogP) is 4.73. The minimum Gasteiger partial charge on any atom is -0.316 e. The van der Waals surface area contributed by atoms with E-state index in [1.165, 1.54) is 21.3 Å². The van der Waals surface area contributed by atoms with Crippen LogP contribution in [0.25, 0.3) is 10.2 Å². The number of hydrogen-bond donors (Lipinski definition) is 0. The highest BCUT2D eigenvalue weighted by Crippen LogP contribution is 2.24. The summed E-state index contributed by atoms with van der Waals surface area (Å²) in [4.78, 5) is 17.5. The molecule has 0 saturated carbocycles. The van der Waals surface area contributed by atoms with Crippen LogP contribution in [0.3, 0.4) is 0 Å². The molecule has 0 radical (unpaired) electrons. The minimum absolute atomic E-state index is 0.245. The summed E-state index contributed by atoms with van der Waals surface area (Å²) in [5.41, 5.74) is 4.12. The standard InChI is InChI=1S/C18H17ClN2OS/c1-4-21-15-11(2)5-6-12(3)16(15)23-18(21)20-17(22)13-7-9-14(19)10-8-13/h5-10H,4H2,1-3H3. The Morgan fingerprint density at radius 1 is 1.13 bits per heavy atom. The maximum atomic E-state index is 12.4. The van der Waals surface area contributed by atoms with Gasteiger partial charge in [0.15, 0.2) is 4.80 Å². The molecular formula is C18H17ClN2OS. The number of aryl methyl sites for hydroxylation is 3. The normalized spacial score (nSPS) is 12.1. The third-order valence-corrected chi connectivity index (χ3v) is 5.29. The van der Waals surface area contributed by atoms with Crippen molar-refractivity contribution in [2.24, 2.45) is 4.99 Å². The van der Waals surface area contributed by atoms with E-state index in [1.807, 2.05) is 0 Å². The lowest BCUT2D eigenvalue weighted by Crippen LogP contribution is -2.16. The van der Waals surface area contributed by atoms with E-state index in [2.05, 4.69) is 42.5 Å². The Hall–Kier alpha value is -1.91. The third kappa shape index (κ3) is 2.96. The van der Waals surface area contributed by atoms with Crippen LogP contribution in [0.2, 0.25) is 5.02 Å². The summed E-state index contributed by atoms with van der Waals surface area (Å²) in [7, 11) is 0. The van der Waals surface area contributed by atoms with E-state index < -0.39 is 0 Å². The zero-order valence-electron chi connectivity index (χ0n) is 13.3. The van der Waals surface area contributed by atoms with Crippen molar-refractivity contribution in [1.29, 1.82) is 0 Å². The highest BCUT2D eigenvalue weighted by molar-refractivity contribution is 7.16. The lowest BCUT2D eigenvalue weighted by molar-refractivity contribution is 0.0998. The van der Waals surface area contributed by atoms with Crippen molar-refractivity contribution in [3.8, 4) is 0 Å². The van der Waals surface area contributed by atoms with Gasteiger partial charge in [0.05, 0.1) is 10.2 Å². The van der Waals surface area contributed by atoms with Gasteiger partial charge < -0.3 is 4.57 Å². The molecule has 0 aliphatic carbocycles. The summed E-state index contributed by atoms with van der Waals surface area (Å²) in [5, 5.41) is 0.610. The maximum Gasteiger partial charge on any atom is 0.279 e. The largest absolute Gasteiger partial charge is 0.316 e. The van der Waals surface area contributed by atoms with Crippen LogP contribution in [-0.2, 0) is 6.54 Å². The van der Waals surface area contributed by atoms with Gasteiger partial charge in [0.1, 0.15) is 0 Å². The third-order valence-electron chi connectivity index (χ3n) is 3.83. The molecule has 0 atom stereocenters. The summed E-state index contributed by atoms with van der Waals surface area (Å²) in [6.45, 7) is 7.02. The molecule has 118 valence electrons. The molecule has 3 aromatic rings. The van der Waals surface area contributed by atoms with Crippen molar-refractivity contribution in [3.63, 3.8) is 0 Å². The number of halogens is 1. The highest BCUT2D eigenvalue weighted by atomic mass is 35.5. The summed E-state index contributed by atoms with van der Waals surface area (Å²) in [5.74, 6) is -0.245. The number of benzene rings is 2. The smallest absolute Gasteiger partial charge is 0.279 e. The number of fused-ring (bicyclic) bond motifs is 1. The van der Waals surface area contributed by atoms with Gasteiger partial charge in [0.25, 0.3) is 5.91 Å². The number of amides is 1. The molecule has 3 rings (SSSR count). The monoisotopic (exact) mass is 344 g/mol. The Morgan fingerprint density at radius 3 is 2.43 bits per heavy atom. The maximum absolute atomic E-state index is 12.4. The average Bonchev–Trinajstić information content (AvgIpc) is 2.91. The summed E-state index contributed by atoms with van der Waals surface area (Å²) >= 11 is 7.43. The zero-order chi connectivity index (χ0) is 16.6. The zero-order valence-corrected chi connectivity index (χ0v) is 14.8. The van der Waals surface area contributed by atoms with Gasteiger partial charge >= 0.3 is 0 Å². The van der Waals surface area contributed by atoms with Crippen molar-refractivity contribution in [1.82, 2.24) is 4.57 Å². The molecule has 0 N–H and O–H groups in total. The number of nitrogens with zero attached hydrogens (tertiary/aromatic N) is 2. The first-order valence-corrected chi connectivity index (χ1v) is 8.65. The van der Waals surface area contributed by atoms with Gasteiger partial charge in [-0.25, -0.2) is 0 Å². The predicted molar refractivity (Wildman–Crippen MR) is 96.3 cm³/mol. The molecule has 0 aliphatic heterocycles. The minimum atomic E-state index is -0.245. The number of aromatic nitrogens is 1. The van der Waals surface area contributed by atoms with E-state index in [-0.39, 0.29) is 5.91 Å². The number of thiazole rings is 1. The first kappa shape index (κ1) is 16.0. The second kappa shape index (κ2) is 6.30. The molecular weight excluding hydrogens is 328 g/mol. The molecule has 0 bridgehead atoms. The topological polar surface area (TPSA) is 34.4 Å². The number of rotatable bonds is 2. The Morgan fingerprint density at radius 2 is 1.78 bits per heavy atom. The highest BCUT2D eigenvalue weighted by Gasteiger charge is 2.11. The van der Waals surface area contributed by atoms with Crippen LogP contribution in [0.15, 0.2) is 41.4 Å². The van der Waals surface area contributed by atoms with Crippen LogP contribution in [0.5, 0.6) is 0 Å². The van der Waals surface area contributed by atoms with E-state index in [0.29, 0.717) is 10.6 Å². The van der Waals surface area contributed by atoms with Crippen LogP contribution < -0.4 is 4.80 Å². The molecule has 0 saturated heterocycles. The molecule has 5 heteroatoms. The molecule has 2 aromatic carbocycles. The van der Waals surface area contributed by atoms with Crippen molar-refractivity contribution in [2.45, 2.75) is 27.3 Å². The molecule has 1 aromatic heterocycles. The quantitative estimate of drug-likeness (QED) is 0.661. The van der Waals surface area contributed by atoms with Gasteiger partial charge in [-0.2, -0.15) is 4.99 Å². The van der Waals surface area contributed by atoms with Gasteiger partial charge in [-0.15, -0.1) is 0 Å². The summed E-state index contributed by atoms with van der Waals surface area (Å²) < 4.78 is 3.30. The van der Waals surface area contributed by atoms with E-state index in [0.717, 1.165) is 11.3 Å². The summed E-state index contributed by atoms with van der Waals surface area (Å²) in [6, 6.07) is 11.0. The second-order valence-corrected chi connectivity index (χ2v) is 6.84. The fraction of sp³-hybridized carbons (Fsp3) is 0.222. The molecule has 0 unspecified atom stereocenters. The molecule has 0 aliphatic rings. The van der Waals surface area contributed by atoms with Crippen LogP contribution in [0.1, 0.15) is 28.4 Å². The average molecular weight is 345 g/mol. The van der Waals surface area contributed by atoms with Gasteiger partial charge in [-0.05, 0) is 56.2 Å². The van der Waals surface area contributed by atoms with Gasteiger partial charge in [-0.1, -0.05) is 35.1 Å². The first-order chi connectivity index (χ1) is 11.0. The van der Waals surface area contributed by atoms with Crippen LogP contribution in [0.4, 0.5) is 0 Å². The van der Waals surface area contributed by atoms with E-state index in [1.54, 1.807) is 35.6 Å². The van der Waals surface area contributed by atoms with Crippen molar-refractivity contribution in [3.05, 3.63) is 62.9 Å². The van der Waals surface area contributed by atoms with E-state index in [4.69, 9.17) is 11.6 Å². The van der Waals surface area contributed by atoms with Gasteiger partial charge in [-0.3, -0.25) is 4.79 Å². The van der Waals surface area contributed by atoms with Crippen LogP contribution >= 0.6 is 22.9 Å². The van der Waals surface area contributed by atoms with Crippen molar-refractivity contribution in [2.75, 3.05) is 0 Å². The Bertz CT molecular complexity index is 952. The van der Waals surface area contributed by atoms with E-state index in [9.17, 15) is 4.79 Å². The Balaban J connectivity index is 2.19.